The zero-order valence-corrected chi connectivity index (χ0v) is 8.74. The first-order valence-electron chi connectivity index (χ1n) is 3.29. The van der Waals surface area contributed by atoms with E-state index in [2.05, 4.69) is 28.1 Å². The van der Waals surface area contributed by atoms with Gasteiger partial charge in [0.1, 0.15) is 12.7 Å². The van der Waals surface area contributed by atoms with Crippen molar-refractivity contribution in [3.05, 3.63) is 41.9 Å². The molecule has 0 aliphatic rings. The van der Waals surface area contributed by atoms with Gasteiger partial charge in [-0.05, 0) is 11.6 Å². The Bertz CT molecular complexity index is 377. The minimum absolute atomic E-state index is 0.231. The van der Waals surface area contributed by atoms with Crippen molar-refractivity contribution < 1.29 is 8.42 Å². The maximum absolute atomic E-state index is 10.1. The van der Waals surface area contributed by atoms with Gasteiger partial charge in [-0.3, -0.25) is 0 Å². The Kier molecular flexibility index (Phi) is 5.66. The number of rotatable bonds is 2. The van der Waals surface area contributed by atoms with Crippen LogP contribution < -0.4 is 0 Å². The number of sulfone groups is 1. The minimum Gasteiger partial charge on any atom is -0.225 e. The summed E-state index contributed by atoms with van der Waals surface area (Å²) in [5, 5.41) is 1.93. The third kappa shape index (κ3) is 6.27. The molecule has 0 aliphatic heterocycles. The fourth-order valence-electron chi connectivity index (χ4n) is 0.293. The van der Waals surface area contributed by atoms with Crippen molar-refractivity contribution in [3.8, 4) is 0 Å². The van der Waals surface area contributed by atoms with E-state index in [1.54, 1.807) is 0 Å². The van der Waals surface area contributed by atoms with E-state index in [1.165, 1.54) is 12.7 Å². The van der Waals surface area contributed by atoms with Crippen molar-refractivity contribution >= 4 is 21.4 Å². The van der Waals surface area contributed by atoms with E-state index in [0.717, 1.165) is 10.8 Å². The average Bonchev–Trinajstić information content (AvgIpc) is 2.20. The van der Waals surface area contributed by atoms with Gasteiger partial charge in [-0.15, -0.1) is 0 Å². The maximum Gasteiger partial charge on any atom is 0.225 e. The Labute approximate surface area is 87.1 Å². The Morgan fingerprint density at radius 2 is 1.64 bits per heavy atom. The summed E-state index contributed by atoms with van der Waals surface area (Å²) in [4.78, 5) is 10.6. The second-order valence-corrected chi connectivity index (χ2v) is 4.01. The molecule has 0 radical (unpaired) electrons. The molecule has 0 N–H and O–H groups in total. The highest BCUT2D eigenvalue weighted by Crippen LogP contribution is 1.90. The lowest BCUT2D eigenvalue weighted by Crippen LogP contribution is -1.83. The van der Waals surface area contributed by atoms with Gasteiger partial charge in [0, 0.05) is 10.8 Å². The molecule has 14 heavy (non-hydrogen) atoms. The maximum atomic E-state index is 10.1. The van der Waals surface area contributed by atoms with E-state index in [1.807, 2.05) is 0 Å². The molecule has 1 aromatic rings. The van der Waals surface area contributed by atoms with E-state index < -0.39 is 9.84 Å². The third-order valence-corrected chi connectivity index (χ3v) is 2.05. The van der Waals surface area contributed by atoms with Crippen molar-refractivity contribution in [1.82, 2.24) is 15.0 Å². The zero-order valence-electron chi connectivity index (χ0n) is 7.17. The number of halogens is 1. The van der Waals surface area contributed by atoms with Gasteiger partial charge in [-0.1, -0.05) is 13.2 Å². The van der Waals surface area contributed by atoms with Crippen molar-refractivity contribution in [3.63, 3.8) is 0 Å². The molecule has 0 bridgehead atoms. The number of aromatic nitrogens is 3. The van der Waals surface area contributed by atoms with Gasteiger partial charge in [0.25, 0.3) is 0 Å². The molecule has 0 saturated carbocycles. The highest BCUT2D eigenvalue weighted by molar-refractivity contribution is 7.97. The summed E-state index contributed by atoms with van der Waals surface area (Å²) in [6, 6.07) is 0. The predicted molar refractivity (Wildman–Crippen MR) is 54.2 cm³/mol. The van der Waals surface area contributed by atoms with Crippen molar-refractivity contribution in [2.75, 3.05) is 0 Å². The largest absolute Gasteiger partial charge is 0.225 e. The molecular formula is C7H8ClN3O2S. The molecule has 0 saturated heterocycles. The summed E-state index contributed by atoms with van der Waals surface area (Å²) < 4.78 is 20.3. The predicted octanol–water partition coefficient (Wildman–Crippen LogP) is 1.21. The van der Waals surface area contributed by atoms with Crippen LogP contribution >= 0.6 is 11.6 Å². The van der Waals surface area contributed by atoms with Crippen LogP contribution in [0.3, 0.4) is 0 Å². The highest BCUT2D eigenvalue weighted by atomic mass is 35.5. The SMILES string of the molecule is C=CS(=O)(=O)C=C.Clc1ncncn1. The van der Waals surface area contributed by atoms with Crippen LogP contribution in [0.4, 0.5) is 0 Å². The second-order valence-electron chi connectivity index (χ2n) is 1.83. The molecular weight excluding hydrogens is 226 g/mol. The highest BCUT2D eigenvalue weighted by Gasteiger charge is 1.90. The molecule has 0 amide bonds. The average molecular weight is 234 g/mol. The number of nitrogens with zero attached hydrogens (tertiary/aromatic N) is 3. The molecule has 0 atom stereocenters. The molecule has 0 fully saturated rings. The van der Waals surface area contributed by atoms with E-state index >= 15 is 0 Å². The van der Waals surface area contributed by atoms with Crippen LogP contribution in [0.25, 0.3) is 0 Å². The Balaban J connectivity index is 0.000000241. The Morgan fingerprint density at radius 1 is 1.21 bits per heavy atom. The quantitative estimate of drug-likeness (QED) is 0.768. The van der Waals surface area contributed by atoms with Gasteiger partial charge in [-0.25, -0.2) is 23.4 Å². The van der Waals surface area contributed by atoms with E-state index in [9.17, 15) is 8.42 Å². The normalized spacial score (nSPS) is 9.50. The Hall–Kier alpha value is -1.27. The lowest BCUT2D eigenvalue weighted by atomic mass is 11.1. The van der Waals surface area contributed by atoms with Crippen LogP contribution in [0.1, 0.15) is 0 Å². The number of hydrogen-bond donors (Lipinski definition) is 0. The van der Waals surface area contributed by atoms with E-state index in [-0.39, 0.29) is 5.28 Å². The first-order valence-corrected chi connectivity index (χ1v) is 5.28. The zero-order chi connectivity index (χ0) is 11.0. The lowest BCUT2D eigenvalue weighted by Gasteiger charge is -1.78. The van der Waals surface area contributed by atoms with Crippen LogP contribution in [-0.2, 0) is 9.84 Å². The van der Waals surface area contributed by atoms with E-state index in [0.29, 0.717) is 0 Å². The fourth-order valence-corrected chi connectivity index (χ4v) is 0.517. The summed E-state index contributed by atoms with van der Waals surface area (Å²) in [7, 11) is -3.13. The van der Waals surface area contributed by atoms with Crippen molar-refractivity contribution in [1.29, 1.82) is 0 Å². The first-order chi connectivity index (χ1) is 6.52. The van der Waals surface area contributed by atoms with Crippen molar-refractivity contribution in [2.24, 2.45) is 0 Å². The Morgan fingerprint density at radius 3 is 1.79 bits per heavy atom. The lowest BCUT2D eigenvalue weighted by molar-refractivity contribution is 0.613. The third-order valence-electron chi connectivity index (χ3n) is 0.926. The number of hydrogen-bond acceptors (Lipinski definition) is 5. The molecule has 0 aromatic carbocycles. The molecule has 1 aromatic heterocycles. The molecule has 7 heteroatoms. The summed E-state index contributed by atoms with van der Waals surface area (Å²) >= 11 is 5.28. The van der Waals surface area contributed by atoms with Crippen LogP contribution in [0, 0.1) is 0 Å². The van der Waals surface area contributed by atoms with Gasteiger partial charge >= 0.3 is 0 Å². The van der Waals surface area contributed by atoms with E-state index in [4.69, 9.17) is 11.6 Å². The van der Waals surface area contributed by atoms with Gasteiger partial charge < -0.3 is 0 Å². The monoisotopic (exact) mass is 233 g/mol. The molecule has 76 valence electrons. The van der Waals surface area contributed by atoms with Gasteiger partial charge in [0.15, 0.2) is 9.84 Å². The van der Waals surface area contributed by atoms with Gasteiger partial charge in [0.2, 0.25) is 5.28 Å². The van der Waals surface area contributed by atoms with Gasteiger partial charge in [0.05, 0.1) is 0 Å². The smallest absolute Gasteiger partial charge is 0.225 e. The molecule has 1 heterocycles. The van der Waals surface area contributed by atoms with Crippen molar-refractivity contribution in [2.45, 2.75) is 0 Å². The summed E-state index contributed by atoms with van der Waals surface area (Å²) in [5.74, 6) is 0. The molecule has 0 spiro atoms. The van der Waals surface area contributed by atoms with Crippen LogP contribution in [0.5, 0.6) is 0 Å². The standard InChI is InChI=1S/C4H6O2S.C3H2ClN3/c1-3-7(5,6)4-2;4-3-6-1-5-2-7-3/h3-4H,1-2H2;1-2H. The molecule has 0 unspecified atom stereocenters. The molecule has 1 rings (SSSR count). The first kappa shape index (κ1) is 12.7. The minimum atomic E-state index is -3.13. The molecule has 5 nitrogen and oxygen atoms in total. The fraction of sp³-hybridized carbons (Fsp3) is 0. The summed E-state index contributed by atoms with van der Waals surface area (Å²) in [6.07, 6.45) is 2.69. The topological polar surface area (TPSA) is 72.8 Å². The second kappa shape index (κ2) is 6.22. The van der Waals surface area contributed by atoms with Crippen LogP contribution in [0.2, 0.25) is 5.28 Å². The van der Waals surface area contributed by atoms with Crippen LogP contribution in [-0.4, -0.2) is 23.4 Å². The summed E-state index contributed by atoms with van der Waals surface area (Å²) in [5.41, 5.74) is 0. The van der Waals surface area contributed by atoms with Crippen LogP contribution in [0.15, 0.2) is 36.6 Å². The molecule has 0 aliphatic carbocycles. The summed E-state index contributed by atoms with van der Waals surface area (Å²) in [6.45, 7) is 6.09. The van der Waals surface area contributed by atoms with Gasteiger partial charge in [-0.2, -0.15) is 0 Å².